The Bertz CT molecular complexity index is 205. The summed E-state index contributed by atoms with van der Waals surface area (Å²) in [6, 6.07) is 0. The van der Waals surface area contributed by atoms with E-state index in [1.807, 2.05) is 29.7 Å². The number of nitrogens with zero attached hydrogens (tertiary/aromatic N) is 3. The number of aromatic nitrogens is 3. The molecule has 0 N–H and O–H groups in total. The second-order valence-electron chi connectivity index (χ2n) is 2.88. The van der Waals surface area contributed by atoms with Crippen molar-refractivity contribution in [3.63, 3.8) is 0 Å². The molecule has 1 aromatic heterocycles. The molecule has 0 aliphatic heterocycles. The zero-order valence-corrected chi connectivity index (χ0v) is 7.00. The standard InChI is InChI=1S/C7H14N3/c1-6(2)7-9(3)5-8-10(7)4/h5-6H,1-4H3/q+1. The van der Waals surface area contributed by atoms with Gasteiger partial charge in [-0.05, 0) is 0 Å². The third-order valence-electron chi connectivity index (χ3n) is 1.61. The van der Waals surface area contributed by atoms with Gasteiger partial charge in [0.1, 0.15) is 0 Å². The van der Waals surface area contributed by atoms with E-state index in [0.717, 1.165) is 0 Å². The van der Waals surface area contributed by atoms with Crippen molar-refractivity contribution in [3.05, 3.63) is 12.2 Å². The maximum absolute atomic E-state index is 4.12. The van der Waals surface area contributed by atoms with Crippen LogP contribution in [0, 0.1) is 0 Å². The molecule has 3 heteroatoms. The maximum atomic E-state index is 4.12. The first kappa shape index (κ1) is 7.25. The first-order chi connectivity index (χ1) is 4.63. The monoisotopic (exact) mass is 140 g/mol. The van der Waals surface area contributed by atoms with Gasteiger partial charge in [0.25, 0.3) is 6.33 Å². The summed E-state index contributed by atoms with van der Waals surface area (Å²) in [5, 5.41) is 4.12. The lowest BCUT2D eigenvalue weighted by atomic mass is 10.2. The van der Waals surface area contributed by atoms with Crippen molar-refractivity contribution in [2.24, 2.45) is 14.1 Å². The summed E-state index contributed by atoms with van der Waals surface area (Å²) < 4.78 is 3.95. The van der Waals surface area contributed by atoms with Crippen LogP contribution in [0.15, 0.2) is 6.33 Å². The molecule has 0 saturated carbocycles. The van der Waals surface area contributed by atoms with Crippen LogP contribution >= 0.6 is 0 Å². The van der Waals surface area contributed by atoms with Crippen LogP contribution in [0.1, 0.15) is 25.6 Å². The van der Waals surface area contributed by atoms with Crippen LogP contribution in [0.3, 0.4) is 0 Å². The quantitative estimate of drug-likeness (QED) is 0.516. The van der Waals surface area contributed by atoms with Gasteiger partial charge < -0.3 is 0 Å². The van der Waals surface area contributed by atoms with Gasteiger partial charge in [0, 0.05) is 11.0 Å². The van der Waals surface area contributed by atoms with E-state index in [0.29, 0.717) is 5.92 Å². The lowest BCUT2D eigenvalue weighted by Gasteiger charge is -1.98. The van der Waals surface area contributed by atoms with E-state index in [1.165, 1.54) is 5.82 Å². The Kier molecular flexibility index (Phi) is 1.74. The molecule has 0 amide bonds. The lowest BCUT2D eigenvalue weighted by Crippen LogP contribution is -2.32. The minimum atomic E-state index is 0.539. The van der Waals surface area contributed by atoms with Crippen LogP contribution in [0.5, 0.6) is 0 Å². The lowest BCUT2D eigenvalue weighted by molar-refractivity contribution is -0.681. The largest absolute Gasteiger partial charge is 0.265 e. The van der Waals surface area contributed by atoms with Gasteiger partial charge in [-0.1, -0.05) is 13.8 Å². The molecule has 0 aromatic carbocycles. The van der Waals surface area contributed by atoms with E-state index in [4.69, 9.17) is 0 Å². The van der Waals surface area contributed by atoms with Crippen LogP contribution in [-0.2, 0) is 14.1 Å². The molecular weight excluding hydrogens is 126 g/mol. The molecule has 0 bridgehead atoms. The van der Waals surface area contributed by atoms with Crippen LogP contribution in [0.4, 0.5) is 0 Å². The molecule has 0 aliphatic rings. The minimum absolute atomic E-state index is 0.539. The molecular formula is C7H14N3+. The zero-order chi connectivity index (χ0) is 7.72. The summed E-state index contributed by atoms with van der Waals surface area (Å²) in [5.41, 5.74) is 0. The molecule has 10 heavy (non-hydrogen) atoms. The summed E-state index contributed by atoms with van der Waals surface area (Å²) in [5.74, 6) is 1.79. The van der Waals surface area contributed by atoms with Crippen LogP contribution in [0.2, 0.25) is 0 Å². The Morgan fingerprint density at radius 2 is 2.20 bits per heavy atom. The van der Waals surface area contributed by atoms with E-state index in [9.17, 15) is 0 Å². The summed E-state index contributed by atoms with van der Waals surface area (Å²) >= 11 is 0. The first-order valence-corrected chi connectivity index (χ1v) is 3.50. The summed E-state index contributed by atoms with van der Waals surface area (Å²) in [4.78, 5) is 0. The molecule has 0 saturated heterocycles. The highest BCUT2D eigenvalue weighted by Gasteiger charge is 2.15. The van der Waals surface area contributed by atoms with E-state index < -0.39 is 0 Å². The fourth-order valence-corrected chi connectivity index (χ4v) is 1.28. The van der Waals surface area contributed by atoms with Crippen molar-refractivity contribution in [2.45, 2.75) is 19.8 Å². The SMILES string of the molecule is CC(C)c1n(C)nc[n+]1C. The summed E-state index contributed by atoms with van der Waals surface area (Å²) in [7, 11) is 3.98. The molecule has 0 unspecified atom stereocenters. The third-order valence-corrected chi connectivity index (χ3v) is 1.61. The number of aryl methyl sites for hydroxylation is 2. The normalized spacial score (nSPS) is 10.9. The molecule has 1 rings (SSSR count). The fraction of sp³-hybridized carbons (Fsp3) is 0.714. The molecule has 3 nitrogen and oxygen atoms in total. The second-order valence-corrected chi connectivity index (χ2v) is 2.88. The topological polar surface area (TPSA) is 21.7 Å². The first-order valence-electron chi connectivity index (χ1n) is 3.50. The molecule has 0 radical (unpaired) electrons. The van der Waals surface area contributed by atoms with Crippen molar-refractivity contribution in [3.8, 4) is 0 Å². The van der Waals surface area contributed by atoms with Crippen molar-refractivity contribution >= 4 is 0 Å². The Labute approximate surface area is 61.3 Å². The van der Waals surface area contributed by atoms with Gasteiger partial charge >= 0.3 is 0 Å². The average molecular weight is 140 g/mol. The predicted molar refractivity (Wildman–Crippen MR) is 38.5 cm³/mol. The molecule has 0 aliphatic carbocycles. The molecule has 0 fully saturated rings. The summed E-state index contributed by atoms with van der Waals surface area (Å²) in [6.45, 7) is 4.33. The van der Waals surface area contributed by atoms with E-state index >= 15 is 0 Å². The van der Waals surface area contributed by atoms with Gasteiger partial charge in [0.15, 0.2) is 0 Å². The van der Waals surface area contributed by atoms with Crippen LogP contribution < -0.4 is 4.57 Å². The highest BCUT2D eigenvalue weighted by Crippen LogP contribution is 2.05. The van der Waals surface area contributed by atoms with E-state index in [-0.39, 0.29) is 0 Å². The number of hydrogen-bond donors (Lipinski definition) is 0. The second kappa shape index (κ2) is 2.40. The van der Waals surface area contributed by atoms with E-state index in [2.05, 4.69) is 18.9 Å². The third kappa shape index (κ3) is 1.03. The Hall–Kier alpha value is -0.860. The van der Waals surface area contributed by atoms with Gasteiger partial charge in [-0.25, -0.2) is 4.57 Å². The molecule has 0 spiro atoms. The molecule has 0 atom stereocenters. The summed E-state index contributed by atoms with van der Waals surface area (Å²) in [6.07, 6.45) is 1.83. The molecule has 1 aromatic rings. The fourth-order valence-electron chi connectivity index (χ4n) is 1.28. The van der Waals surface area contributed by atoms with Crippen molar-refractivity contribution in [1.29, 1.82) is 0 Å². The van der Waals surface area contributed by atoms with Gasteiger partial charge in [-0.2, -0.15) is 0 Å². The van der Waals surface area contributed by atoms with Gasteiger partial charge in [-0.15, -0.1) is 4.68 Å². The Morgan fingerprint density at radius 1 is 1.60 bits per heavy atom. The molecule has 56 valence electrons. The van der Waals surface area contributed by atoms with Gasteiger partial charge in [0.05, 0.1) is 14.1 Å². The van der Waals surface area contributed by atoms with Crippen LogP contribution in [-0.4, -0.2) is 9.78 Å². The van der Waals surface area contributed by atoms with Crippen LogP contribution in [0.25, 0.3) is 0 Å². The maximum Gasteiger partial charge on any atom is 0.265 e. The number of hydrogen-bond acceptors (Lipinski definition) is 1. The minimum Gasteiger partial charge on any atom is -0.237 e. The number of rotatable bonds is 1. The highest BCUT2D eigenvalue weighted by atomic mass is 15.4. The smallest absolute Gasteiger partial charge is 0.237 e. The van der Waals surface area contributed by atoms with Crippen molar-refractivity contribution in [2.75, 3.05) is 0 Å². The zero-order valence-electron chi connectivity index (χ0n) is 7.00. The molecule has 1 heterocycles. The van der Waals surface area contributed by atoms with Gasteiger partial charge in [0.2, 0.25) is 5.82 Å². The van der Waals surface area contributed by atoms with Crippen molar-refractivity contribution < 1.29 is 4.57 Å². The average Bonchev–Trinajstić information content (AvgIpc) is 2.11. The predicted octanol–water partition coefficient (Wildman–Crippen LogP) is 0.368. The van der Waals surface area contributed by atoms with Crippen molar-refractivity contribution in [1.82, 2.24) is 9.78 Å². The van der Waals surface area contributed by atoms with Gasteiger partial charge in [-0.3, -0.25) is 0 Å². The Morgan fingerprint density at radius 3 is 2.40 bits per heavy atom. The van der Waals surface area contributed by atoms with E-state index in [1.54, 1.807) is 0 Å². The Balaban J connectivity index is 3.10. The highest BCUT2D eigenvalue weighted by molar-refractivity contribution is 4.81.